The monoisotopic (exact) mass is 348 g/mol. The third-order valence-electron chi connectivity index (χ3n) is 4.36. The predicted octanol–water partition coefficient (Wildman–Crippen LogP) is 3.88. The Morgan fingerprint density at radius 1 is 1.32 bits per heavy atom. The lowest BCUT2D eigenvalue weighted by Gasteiger charge is -2.36. The van der Waals surface area contributed by atoms with Gasteiger partial charge < -0.3 is 19.7 Å². The highest BCUT2D eigenvalue weighted by molar-refractivity contribution is 5.69. The van der Waals surface area contributed by atoms with E-state index in [0.29, 0.717) is 6.54 Å². The van der Waals surface area contributed by atoms with Gasteiger partial charge in [0.15, 0.2) is 0 Å². The van der Waals surface area contributed by atoms with Gasteiger partial charge in [-0.05, 0) is 64.3 Å². The van der Waals surface area contributed by atoms with Crippen LogP contribution in [0.15, 0.2) is 12.1 Å². The van der Waals surface area contributed by atoms with Crippen LogP contribution in [0.1, 0.15) is 57.7 Å². The number of carbonyl (C=O) groups is 1. The lowest BCUT2D eigenvalue weighted by atomic mass is 9.92. The van der Waals surface area contributed by atoms with E-state index in [9.17, 15) is 4.79 Å². The summed E-state index contributed by atoms with van der Waals surface area (Å²) in [5.74, 6) is 0.876. The van der Waals surface area contributed by atoms with Crippen LogP contribution in [0, 0.1) is 0 Å². The van der Waals surface area contributed by atoms with Gasteiger partial charge in [-0.2, -0.15) is 0 Å². The van der Waals surface area contributed by atoms with Gasteiger partial charge >= 0.3 is 6.09 Å². The molecule has 0 saturated heterocycles. The number of ether oxygens (including phenoxy) is 2. The third-order valence-corrected chi connectivity index (χ3v) is 4.36. The van der Waals surface area contributed by atoms with E-state index in [0.717, 1.165) is 37.2 Å². The molecule has 1 aliphatic heterocycles. The molecule has 25 heavy (non-hydrogen) atoms. The minimum Gasteiger partial charge on any atom is -0.496 e. The van der Waals surface area contributed by atoms with Crippen molar-refractivity contribution in [2.45, 2.75) is 72.2 Å². The van der Waals surface area contributed by atoms with E-state index >= 15 is 0 Å². The number of methoxy groups -OCH3 is 1. The molecule has 1 unspecified atom stereocenters. The number of rotatable bonds is 5. The molecule has 0 bridgehead atoms. The van der Waals surface area contributed by atoms with E-state index < -0.39 is 5.60 Å². The van der Waals surface area contributed by atoms with Gasteiger partial charge in [0.2, 0.25) is 0 Å². The second-order valence-corrected chi connectivity index (χ2v) is 7.77. The summed E-state index contributed by atoms with van der Waals surface area (Å²) in [5.41, 5.74) is 3.12. The Hall–Kier alpha value is -1.75. The van der Waals surface area contributed by atoms with Gasteiger partial charge in [0.25, 0.3) is 0 Å². The van der Waals surface area contributed by atoms with Crippen molar-refractivity contribution in [1.29, 1.82) is 0 Å². The van der Waals surface area contributed by atoms with Crippen LogP contribution in [0.25, 0.3) is 0 Å². The summed E-state index contributed by atoms with van der Waals surface area (Å²) < 4.78 is 11.1. The second kappa shape index (κ2) is 8.09. The average Bonchev–Trinajstić information content (AvgIpc) is 2.52. The Bertz CT molecular complexity index is 608. The predicted molar refractivity (Wildman–Crippen MR) is 99.9 cm³/mol. The van der Waals surface area contributed by atoms with Gasteiger partial charge in [0.05, 0.1) is 7.11 Å². The molecule has 0 saturated carbocycles. The van der Waals surface area contributed by atoms with Crippen LogP contribution in [0.3, 0.4) is 0 Å². The van der Waals surface area contributed by atoms with Gasteiger partial charge in [0, 0.05) is 24.7 Å². The van der Waals surface area contributed by atoms with Gasteiger partial charge in [-0.25, -0.2) is 4.79 Å². The molecule has 0 spiro atoms. The minimum absolute atomic E-state index is 0.118. The van der Waals surface area contributed by atoms with Crippen LogP contribution in [0.5, 0.6) is 5.75 Å². The molecule has 140 valence electrons. The normalized spacial score (nSPS) is 17.2. The first-order valence-electron chi connectivity index (χ1n) is 9.14. The summed E-state index contributed by atoms with van der Waals surface area (Å²) in [5, 5.41) is 3.43. The molecule has 1 aromatic carbocycles. The zero-order valence-electron chi connectivity index (χ0n) is 16.4. The number of carbonyl (C=O) groups excluding carboxylic acids is 1. The number of amides is 1. The molecular formula is C20H32N2O3. The van der Waals surface area contributed by atoms with Crippen LogP contribution in [-0.4, -0.2) is 36.3 Å². The highest BCUT2D eigenvalue weighted by Gasteiger charge is 2.31. The van der Waals surface area contributed by atoms with E-state index in [-0.39, 0.29) is 12.1 Å². The summed E-state index contributed by atoms with van der Waals surface area (Å²) in [6.45, 7) is 12.3. The first kappa shape index (κ1) is 19.6. The van der Waals surface area contributed by atoms with Crippen molar-refractivity contribution in [2.75, 3.05) is 13.7 Å². The molecule has 1 atom stereocenters. The van der Waals surface area contributed by atoms with E-state index in [4.69, 9.17) is 9.47 Å². The number of hydrogen-bond donors (Lipinski definition) is 1. The molecule has 0 fully saturated rings. The first-order valence-corrected chi connectivity index (χ1v) is 9.14. The van der Waals surface area contributed by atoms with E-state index in [1.54, 1.807) is 7.11 Å². The maximum atomic E-state index is 12.5. The molecule has 0 aliphatic carbocycles. The summed E-state index contributed by atoms with van der Waals surface area (Å²) in [6, 6.07) is 4.41. The number of fused-ring (bicyclic) bond motifs is 1. The van der Waals surface area contributed by atoms with Crippen molar-refractivity contribution in [2.24, 2.45) is 0 Å². The highest BCUT2D eigenvalue weighted by atomic mass is 16.6. The van der Waals surface area contributed by atoms with Gasteiger partial charge in [0.1, 0.15) is 11.4 Å². The van der Waals surface area contributed by atoms with Crippen molar-refractivity contribution in [3.05, 3.63) is 28.8 Å². The van der Waals surface area contributed by atoms with Gasteiger partial charge in [-0.1, -0.05) is 13.0 Å². The van der Waals surface area contributed by atoms with Crippen LogP contribution in [-0.2, 0) is 24.2 Å². The fourth-order valence-corrected chi connectivity index (χ4v) is 3.12. The molecule has 0 aromatic heterocycles. The topological polar surface area (TPSA) is 50.8 Å². The average molecular weight is 348 g/mol. The molecule has 5 nitrogen and oxygen atoms in total. The zero-order valence-corrected chi connectivity index (χ0v) is 16.4. The Balaban J connectivity index is 2.20. The Morgan fingerprint density at radius 3 is 2.64 bits per heavy atom. The van der Waals surface area contributed by atoms with Crippen LogP contribution in [0.4, 0.5) is 4.79 Å². The number of nitrogens with one attached hydrogen (secondary N) is 1. The second-order valence-electron chi connectivity index (χ2n) is 7.77. The van der Waals surface area contributed by atoms with Crippen molar-refractivity contribution in [3.8, 4) is 5.75 Å². The van der Waals surface area contributed by atoms with Crippen molar-refractivity contribution < 1.29 is 14.3 Å². The molecule has 0 radical (unpaired) electrons. The van der Waals surface area contributed by atoms with Crippen LogP contribution < -0.4 is 10.1 Å². The molecule has 2 rings (SSSR count). The Morgan fingerprint density at radius 2 is 2.04 bits per heavy atom. The third kappa shape index (κ3) is 5.11. The quantitative estimate of drug-likeness (QED) is 0.821. The number of benzene rings is 1. The Kier molecular flexibility index (Phi) is 6.33. The van der Waals surface area contributed by atoms with E-state index in [1.165, 1.54) is 11.1 Å². The molecule has 1 N–H and O–H groups in total. The molecule has 1 heterocycles. The molecular weight excluding hydrogens is 316 g/mol. The summed E-state index contributed by atoms with van der Waals surface area (Å²) in [7, 11) is 1.70. The molecule has 1 amide bonds. The Labute approximate surface area is 151 Å². The van der Waals surface area contributed by atoms with E-state index in [2.05, 4.69) is 31.3 Å². The number of hydrogen-bond acceptors (Lipinski definition) is 4. The fraction of sp³-hybridized carbons (Fsp3) is 0.650. The molecule has 5 heteroatoms. The van der Waals surface area contributed by atoms with Crippen molar-refractivity contribution in [1.82, 2.24) is 10.2 Å². The smallest absolute Gasteiger partial charge is 0.410 e. The maximum absolute atomic E-state index is 12.5. The summed E-state index contributed by atoms with van der Waals surface area (Å²) in [4.78, 5) is 14.3. The lowest BCUT2D eigenvalue weighted by molar-refractivity contribution is 0.0138. The molecule has 1 aromatic rings. The molecule has 1 aliphatic rings. The summed E-state index contributed by atoms with van der Waals surface area (Å²) in [6.07, 6.45) is 1.69. The van der Waals surface area contributed by atoms with Crippen molar-refractivity contribution >= 4 is 6.09 Å². The lowest BCUT2D eigenvalue weighted by Crippen LogP contribution is -2.45. The highest BCUT2D eigenvalue weighted by Crippen LogP contribution is 2.31. The largest absolute Gasteiger partial charge is 0.496 e. The van der Waals surface area contributed by atoms with Gasteiger partial charge in [-0.3, -0.25) is 0 Å². The fourth-order valence-electron chi connectivity index (χ4n) is 3.12. The minimum atomic E-state index is -0.483. The van der Waals surface area contributed by atoms with Crippen LogP contribution in [0.2, 0.25) is 0 Å². The first-order chi connectivity index (χ1) is 11.7. The van der Waals surface area contributed by atoms with Gasteiger partial charge in [-0.15, -0.1) is 0 Å². The SMILES string of the molecule is CCCNCc1cc2c(cc1OC)CN(C(=O)OC(C)(C)C)C(C)C2. The maximum Gasteiger partial charge on any atom is 0.410 e. The standard InChI is InChI=1S/C20H32N2O3/c1-7-8-21-12-16-10-15-9-14(2)22(19(23)25-20(3,4)5)13-17(15)11-18(16)24-6/h10-11,14,21H,7-9,12-13H2,1-6H3. The number of nitrogens with zero attached hydrogens (tertiary/aromatic N) is 1. The van der Waals surface area contributed by atoms with Crippen molar-refractivity contribution in [3.63, 3.8) is 0 Å². The van der Waals surface area contributed by atoms with E-state index in [1.807, 2.05) is 25.7 Å². The summed E-state index contributed by atoms with van der Waals surface area (Å²) >= 11 is 0. The zero-order chi connectivity index (χ0) is 18.6. The van der Waals surface area contributed by atoms with Crippen LogP contribution >= 0.6 is 0 Å².